The van der Waals surface area contributed by atoms with E-state index in [1.54, 1.807) is 12.1 Å². The average Bonchev–Trinajstić information content (AvgIpc) is 2.86. The molecule has 2 amide bonds. The number of thiophene rings is 1. The summed E-state index contributed by atoms with van der Waals surface area (Å²) in [5.41, 5.74) is 7.14. The van der Waals surface area contributed by atoms with Gasteiger partial charge in [-0.2, -0.15) is 0 Å². The molecule has 0 aromatic carbocycles. The zero-order valence-electron chi connectivity index (χ0n) is 12.2. The van der Waals surface area contributed by atoms with Crippen molar-refractivity contribution in [2.24, 2.45) is 0 Å². The summed E-state index contributed by atoms with van der Waals surface area (Å²) in [5.74, 6) is -0.698. The predicted octanol–water partition coefficient (Wildman–Crippen LogP) is 2.40. The SMILES string of the molecule is CCc1sc(C(=O)NNC(=O)c2ccc(C)nc2)cc1C. The van der Waals surface area contributed by atoms with Gasteiger partial charge in [0.05, 0.1) is 10.4 Å². The number of aromatic nitrogens is 1. The lowest BCUT2D eigenvalue weighted by atomic mass is 10.2. The van der Waals surface area contributed by atoms with E-state index in [0.29, 0.717) is 10.4 Å². The third-order valence-electron chi connectivity index (χ3n) is 3.03. The van der Waals surface area contributed by atoms with Crippen LogP contribution in [-0.2, 0) is 6.42 Å². The summed E-state index contributed by atoms with van der Waals surface area (Å²) in [6, 6.07) is 5.24. The highest BCUT2D eigenvalue weighted by atomic mass is 32.1. The number of hydrazine groups is 1. The fourth-order valence-electron chi connectivity index (χ4n) is 1.83. The maximum Gasteiger partial charge on any atom is 0.279 e. The Balaban J connectivity index is 1.97. The van der Waals surface area contributed by atoms with Crippen LogP contribution in [0.2, 0.25) is 0 Å². The van der Waals surface area contributed by atoms with Gasteiger partial charge in [0, 0.05) is 16.8 Å². The van der Waals surface area contributed by atoms with E-state index in [1.165, 1.54) is 22.4 Å². The Morgan fingerprint density at radius 1 is 1.19 bits per heavy atom. The van der Waals surface area contributed by atoms with Crippen molar-refractivity contribution in [2.45, 2.75) is 27.2 Å². The molecule has 0 radical (unpaired) electrons. The van der Waals surface area contributed by atoms with Crippen molar-refractivity contribution in [2.75, 3.05) is 0 Å². The first-order chi connectivity index (χ1) is 10.0. The van der Waals surface area contributed by atoms with Crippen LogP contribution in [0.1, 0.15) is 43.1 Å². The molecule has 0 aliphatic carbocycles. The summed E-state index contributed by atoms with van der Waals surface area (Å²) < 4.78 is 0. The van der Waals surface area contributed by atoms with Crippen LogP contribution in [0.25, 0.3) is 0 Å². The van der Waals surface area contributed by atoms with Gasteiger partial charge in [-0.3, -0.25) is 25.4 Å². The Kier molecular flexibility index (Phi) is 4.70. The second-order valence-corrected chi connectivity index (χ2v) is 5.80. The normalized spacial score (nSPS) is 10.2. The van der Waals surface area contributed by atoms with Crippen LogP contribution >= 0.6 is 11.3 Å². The van der Waals surface area contributed by atoms with Gasteiger partial charge in [-0.05, 0) is 44.0 Å². The molecule has 2 N–H and O–H groups in total. The van der Waals surface area contributed by atoms with Crippen molar-refractivity contribution in [1.29, 1.82) is 0 Å². The maximum absolute atomic E-state index is 12.0. The van der Waals surface area contributed by atoms with Gasteiger partial charge in [-0.25, -0.2) is 0 Å². The summed E-state index contributed by atoms with van der Waals surface area (Å²) in [7, 11) is 0. The van der Waals surface area contributed by atoms with Crippen LogP contribution < -0.4 is 10.9 Å². The number of pyridine rings is 1. The predicted molar refractivity (Wildman–Crippen MR) is 82.3 cm³/mol. The summed E-state index contributed by atoms with van der Waals surface area (Å²) in [4.78, 5) is 29.6. The molecular formula is C15H17N3O2S. The number of carbonyl (C=O) groups is 2. The number of nitrogens with one attached hydrogen (secondary N) is 2. The Morgan fingerprint density at radius 2 is 1.90 bits per heavy atom. The molecule has 0 saturated heterocycles. The van der Waals surface area contributed by atoms with Gasteiger partial charge >= 0.3 is 0 Å². The van der Waals surface area contributed by atoms with E-state index in [0.717, 1.165) is 17.7 Å². The highest BCUT2D eigenvalue weighted by Gasteiger charge is 2.13. The third-order valence-corrected chi connectivity index (χ3v) is 4.41. The largest absolute Gasteiger partial charge is 0.279 e. The van der Waals surface area contributed by atoms with Crippen molar-refractivity contribution in [3.8, 4) is 0 Å². The van der Waals surface area contributed by atoms with E-state index in [-0.39, 0.29) is 11.8 Å². The molecule has 0 fully saturated rings. The molecular weight excluding hydrogens is 286 g/mol. The lowest BCUT2D eigenvalue weighted by Crippen LogP contribution is -2.41. The first-order valence-electron chi connectivity index (χ1n) is 6.64. The van der Waals surface area contributed by atoms with Crippen LogP contribution in [-0.4, -0.2) is 16.8 Å². The maximum atomic E-state index is 12.0. The Labute approximate surface area is 127 Å². The van der Waals surface area contributed by atoms with Gasteiger partial charge < -0.3 is 0 Å². The molecule has 2 aromatic rings. The molecule has 2 aromatic heterocycles. The highest BCUT2D eigenvalue weighted by molar-refractivity contribution is 7.14. The molecule has 6 heteroatoms. The molecule has 2 rings (SSSR count). The number of aryl methyl sites for hydroxylation is 3. The van der Waals surface area contributed by atoms with Gasteiger partial charge in [-0.1, -0.05) is 6.92 Å². The summed E-state index contributed by atoms with van der Waals surface area (Å²) in [6.07, 6.45) is 2.37. The summed E-state index contributed by atoms with van der Waals surface area (Å²) in [5, 5.41) is 0. The van der Waals surface area contributed by atoms with Crippen molar-refractivity contribution in [3.63, 3.8) is 0 Å². The van der Waals surface area contributed by atoms with Crippen LogP contribution in [0.5, 0.6) is 0 Å². The van der Waals surface area contributed by atoms with Gasteiger partial charge in [-0.15, -0.1) is 11.3 Å². The number of rotatable bonds is 3. The van der Waals surface area contributed by atoms with Gasteiger partial charge in [0.2, 0.25) is 0 Å². The number of hydrogen-bond acceptors (Lipinski definition) is 4. The topological polar surface area (TPSA) is 71.1 Å². The fraction of sp³-hybridized carbons (Fsp3) is 0.267. The van der Waals surface area contributed by atoms with Crippen molar-refractivity contribution in [3.05, 3.63) is 51.0 Å². The standard InChI is InChI=1S/C15H17N3O2S/c1-4-12-9(2)7-13(21-12)15(20)18-17-14(19)11-6-5-10(3)16-8-11/h5-8H,4H2,1-3H3,(H,17,19)(H,18,20). The zero-order chi connectivity index (χ0) is 15.4. The Hall–Kier alpha value is -2.21. The first-order valence-corrected chi connectivity index (χ1v) is 7.45. The fourth-order valence-corrected chi connectivity index (χ4v) is 2.84. The van der Waals surface area contributed by atoms with Gasteiger partial charge in [0.15, 0.2) is 0 Å². The molecule has 0 unspecified atom stereocenters. The minimum absolute atomic E-state index is 0.309. The average molecular weight is 303 g/mol. The van der Waals surface area contributed by atoms with Crippen LogP contribution in [0.3, 0.4) is 0 Å². The van der Waals surface area contributed by atoms with Crippen LogP contribution in [0, 0.1) is 13.8 Å². The molecule has 2 heterocycles. The zero-order valence-corrected chi connectivity index (χ0v) is 13.0. The summed E-state index contributed by atoms with van der Waals surface area (Å²) in [6.45, 7) is 5.86. The minimum atomic E-state index is -0.389. The van der Waals surface area contributed by atoms with E-state index in [4.69, 9.17) is 0 Å². The number of hydrogen-bond donors (Lipinski definition) is 2. The molecule has 0 atom stereocenters. The summed E-state index contributed by atoms with van der Waals surface area (Å²) >= 11 is 1.44. The number of amides is 2. The first kappa shape index (κ1) is 15.2. The second-order valence-electron chi connectivity index (χ2n) is 4.67. The second kappa shape index (κ2) is 6.49. The molecule has 0 aliphatic heterocycles. The Morgan fingerprint density at radius 3 is 2.48 bits per heavy atom. The van der Waals surface area contributed by atoms with Crippen LogP contribution in [0.15, 0.2) is 24.4 Å². The van der Waals surface area contributed by atoms with E-state index >= 15 is 0 Å². The molecule has 21 heavy (non-hydrogen) atoms. The molecule has 110 valence electrons. The molecule has 0 saturated carbocycles. The van der Waals surface area contributed by atoms with Crippen molar-refractivity contribution in [1.82, 2.24) is 15.8 Å². The van der Waals surface area contributed by atoms with E-state index < -0.39 is 0 Å². The van der Waals surface area contributed by atoms with Gasteiger partial charge in [0.1, 0.15) is 0 Å². The highest BCUT2D eigenvalue weighted by Crippen LogP contribution is 2.21. The van der Waals surface area contributed by atoms with Gasteiger partial charge in [0.25, 0.3) is 11.8 Å². The van der Waals surface area contributed by atoms with E-state index in [9.17, 15) is 9.59 Å². The lowest BCUT2D eigenvalue weighted by Gasteiger charge is -2.06. The third kappa shape index (κ3) is 3.66. The van der Waals surface area contributed by atoms with E-state index in [1.807, 2.05) is 26.8 Å². The number of nitrogens with zero attached hydrogens (tertiary/aromatic N) is 1. The molecule has 0 spiro atoms. The smallest absolute Gasteiger partial charge is 0.267 e. The molecule has 0 aliphatic rings. The molecule has 0 bridgehead atoms. The van der Waals surface area contributed by atoms with Crippen molar-refractivity contribution >= 4 is 23.2 Å². The monoisotopic (exact) mass is 303 g/mol. The Bertz CT molecular complexity index is 662. The van der Waals surface area contributed by atoms with Crippen LogP contribution in [0.4, 0.5) is 0 Å². The van der Waals surface area contributed by atoms with E-state index in [2.05, 4.69) is 15.8 Å². The van der Waals surface area contributed by atoms with Crippen molar-refractivity contribution < 1.29 is 9.59 Å². The number of carbonyl (C=O) groups excluding carboxylic acids is 2. The quantitative estimate of drug-likeness (QED) is 0.855. The lowest BCUT2D eigenvalue weighted by molar-refractivity contribution is 0.0848. The molecule has 5 nitrogen and oxygen atoms in total. The minimum Gasteiger partial charge on any atom is -0.267 e.